The van der Waals surface area contributed by atoms with Crippen LogP contribution in [0.15, 0.2) is 24.3 Å². The van der Waals surface area contributed by atoms with Gasteiger partial charge in [0.25, 0.3) is 0 Å². The third-order valence-corrected chi connectivity index (χ3v) is 3.78. The van der Waals surface area contributed by atoms with Crippen LogP contribution in [0.2, 0.25) is 0 Å². The van der Waals surface area contributed by atoms with Crippen molar-refractivity contribution >= 4 is 11.9 Å². The summed E-state index contributed by atoms with van der Waals surface area (Å²) in [6.45, 7) is 4.27. The molecule has 2 rings (SSSR count). The Hall–Kier alpha value is -1.88. The molecule has 1 saturated heterocycles. The molecule has 0 saturated carbocycles. The lowest BCUT2D eigenvalue weighted by Gasteiger charge is -2.31. The highest BCUT2D eigenvalue weighted by Gasteiger charge is 2.28. The molecule has 108 valence electrons. The zero-order valence-electron chi connectivity index (χ0n) is 11.8. The average Bonchev–Trinajstić information content (AvgIpc) is 2.42. The summed E-state index contributed by atoms with van der Waals surface area (Å²) in [7, 11) is 1.35. The Bertz CT molecular complexity index is 480. The van der Waals surface area contributed by atoms with Crippen LogP contribution in [0.25, 0.3) is 0 Å². The van der Waals surface area contributed by atoms with Crippen LogP contribution < -0.4 is 10.6 Å². The van der Waals surface area contributed by atoms with Crippen molar-refractivity contribution in [3.05, 3.63) is 35.4 Å². The van der Waals surface area contributed by atoms with Crippen LogP contribution in [0, 0.1) is 11.8 Å². The molecule has 5 heteroatoms. The molecular weight excluding hydrogens is 256 g/mol. The molecular formula is C15H20N2O3. The first-order chi connectivity index (χ1) is 9.61. The fraction of sp³-hybridized carbons (Fsp3) is 0.467. The second-order valence-corrected chi connectivity index (χ2v) is 5.11. The first-order valence-corrected chi connectivity index (χ1v) is 6.77. The van der Waals surface area contributed by atoms with Crippen LogP contribution in [0.4, 0.5) is 0 Å². The van der Waals surface area contributed by atoms with E-state index in [2.05, 4.69) is 15.4 Å². The molecule has 1 aliphatic heterocycles. The number of hydrogen-bond acceptors (Lipinski definition) is 4. The minimum Gasteiger partial charge on any atom is -0.465 e. The van der Waals surface area contributed by atoms with Crippen molar-refractivity contribution in [3.63, 3.8) is 0 Å². The molecule has 20 heavy (non-hydrogen) atoms. The van der Waals surface area contributed by atoms with Crippen molar-refractivity contribution in [3.8, 4) is 0 Å². The number of methoxy groups -OCH3 is 1. The van der Waals surface area contributed by atoms with E-state index in [0.29, 0.717) is 18.0 Å². The molecule has 1 heterocycles. The maximum absolute atomic E-state index is 12.0. The lowest BCUT2D eigenvalue weighted by atomic mass is 9.88. The maximum atomic E-state index is 12.0. The Labute approximate surface area is 118 Å². The van der Waals surface area contributed by atoms with Gasteiger partial charge in [0.1, 0.15) is 0 Å². The average molecular weight is 276 g/mol. The first kappa shape index (κ1) is 14.5. The molecule has 1 fully saturated rings. The predicted octanol–water partition coefficient (Wildman–Crippen LogP) is 0.945. The Morgan fingerprint density at radius 2 is 2.00 bits per heavy atom. The summed E-state index contributed by atoms with van der Waals surface area (Å²) in [4.78, 5) is 23.3. The van der Waals surface area contributed by atoms with E-state index in [1.54, 1.807) is 12.1 Å². The SMILES string of the molecule is COC(=O)c1ccc(CNC(=O)C(C)C2CNC2)cc1. The van der Waals surface area contributed by atoms with Crippen molar-refractivity contribution in [2.45, 2.75) is 13.5 Å². The number of ether oxygens (including phenoxy) is 1. The number of hydrogen-bond donors (Lipinski definition) is 2. The number of benzene rings is 1. The largest absolute Gasteiger partial charge is 0.465 e. The topological polar surface area (TPSA) is 67.4 Å². The van der Waals surface area contributed by atoms with Gasteiger partial charge in [0.2, 0.25) is 5.91 Å². The summed E-state index contributed by atoms with van der Waals surface area (Å²) in [5, 5.41) is 6.10. The van der Waals surface area contributed by atoms with Crippen LogP contribution >= 0.6 is 0 Å². The van der Waals surface area contributed by atoms with Gasteiger partial charge in [-0.25, -0.2) is 4.79 Å². The lowest BCUT2D eigenvalue weighted by Crippen LogP contribution is -2.49. The van der Waals surface area contributed by atoms with Crippen molar-refractivity contribution in [1.29, 1.82) is 0 Å². The molecule has 1 unspecified atom stereocenters. The quantitative estimate of drug-likeness (QED) is 0.786. The Morgan fingerprint density at radius 3 is 2.50 bits per heavy atom. The van der Waals surface area contributed by atoms with Crippen LogP contribution in [0.1, 0.15) is 22.8 Å². The molecule has 0 bridgehead atoms. The van der Waals surface area contributed by atoms with Gasteiger partial charge in [-0.3, -0.25) is 4.79 Å². The van der Waals surface area contributed by atoms with Crippen LogP contribution in [-0.4, -0.2) is 32.1 Å². The van der Waals surface area contributed by atoms with E-state index in [9.17, 15) is 9.59 Å². The van der Waals surface area contributed by atoms with Crippen molar-refractivity contribution in [2.24, 2.45) is 11.8 Å². The molecule has 2 N–H and O–H groups in total. The maximum Gasteiger partial charge on any atom is 0.337 e. The summed E-state index contributed by atoms with van der Waals surface area (Å²) < 4.78 is 4.64. The second kappa shape index (κ2) is 6.52. The standard InChI is InChI=1S/C15H20N2O3/c1-10(13-8-16-9-13)14(18)17-7-11-3-5-12(6-4-11)15(19)20-2/h3-6,10,13,16H,7-9H2,1-2H3,(H,17,18). The summed E-state index contributed by atoms with van der Waals surface area (Å²) in [5.74, 6) is 0.197. The smallest absolute Gasteiger partial charge is 0.337 e. The number of esters is 1. The number of rotatable bonds is 5. The Balaban J connectivity index is 1.84. The van der Waals surface area contributed by atoms with Gasteiger partial charge >= 0.3 is 5.97 Å². The molecule has 5 nitrogen and oxygen atoms in total. The zero-order valence-corrected chi connectivity index (χ0v) is 11.8. The van der Waals surface area contributed by atoms with Crippen molar-refractivity contribution in [1.82, 2.24) is 10.6 Å². The Morgan fingerprint density at radius 1 is 1.35 bits per heavy atom. The van der Waals surface area contributed by atoms with Gasteiger partial charge in [0.15, 0.2) is 0 Å². The second-order valence-electron chi connectivity index (χ2n) is 5.11. The molecule has 1 aliphatic rings. The first-order valence-electron chi connectivity index (χ1n) is 6.77. The van der Waals surface area contributed by atoms with E-state index < -0.39 is 0 Å². The monoisotopic (exact) mass is 276 g/mol. The molecule has 0 aliphatic carbocycles. The summed E-state index contributed by atoms with van der Waals surface area (Å²) >= 11 is 0. The van der Waals surface area contributed by atoms with E-state index in [-0.39, 0.29) is 17.8 Å². The highest BCUT2D eigenvalue weighted by Crippen LogP contribution is 2.16. The zero-order chi connectivity index (χ0) is 14.5. The molecule has 0 aromatic heterocycles. The van der Waals surface area contributed by atoms with Gasteiger partial charge in [-0.1, -0.05) is 19.1 Å². The molecule has 0 spiro atoms. The molecule has 1 aromatic rings. The van der Waals surface area contributed by atoms with Gasteiger partial charge in [0.05, 0.1) is 12.7 Å². The Kier molecular flexibility index (Phi) is 4.74. The molecule has 0 radical (unpaired) electrons. The van der Waals surface area contributed by atoms with Crippen LogP contribution in [0.5, 0.6) is 0 Å². The minimum absolute atomic E-state index is 0.0330. The predicted molar refractivity (Wildman–Crippen MR) is 75.2 cm³/mol. The third kappa shape index (κ3) is 3.36. The van der Waals surface area contributed by atoms with Crippen molar-refractivity contribution < 1.29 is 14.3 Å². The molecule has 1 aromatic carbocycles. The summed E-state index contributed by atoms with van der Waals surface area (Å²) in [6.07, 6.45) is 0. The number of nitrogens with one attached hydrogen (secondary N) is 2. The van der Waals surface area contributed by atoms with Gasteiger partial charge in [0, 0.05) is 12.5 Å². The van der Waals surface area contributed by atoms with E-state index in [1.165, 1.54) is 7.11 Å². The van der Waals surface area contributed by atoms with Crippen LogP contribution in [-0.2, 0) is 16.1 Å². The lowest BCUT2D eigenvalue weighted by molar-refractivity contribution is -0.126. The summed E-state index contributed by atoms with van der Waals surface area (Å²) in [5.41, 5.74) is 1.47. The van der Waals surface area contributed by atoms with E-state index in [0.717, 1.165) is 18.7 Å². The third-order valence-electron chi connectivity index (χ3n) is 3.78. The van der Waals surface area contributed by atoms with Crippen LogP contribution in [0.3, 0.4) is 0 Å². The summed E-state index contributed by atoms with van der Waals surface area (Å²) in [6, 6.07) is 7.05. The highest BCUT2D eigenvalue weighted by molar-refractivity contribution is 5.89. The fourth-order valence-corrected chi connectivity index (χ4v) is 2.11. The molecule has 1 amide bonds. The van der Waals surface area contributed by atoms with E-state index in [1.807, 2.05) is 19.1 Å². The van der Waals surface area contributed by atoms with E-state index >= 15 is 0 Å². The number of carbonyl (C=O) groups excluding carboxylic acids is 2. The van der Waals surface area contributed by atoms with Gasteiger partial charge < -0.3 is 15.4 Å². The van der Waals surface area contributed by atoms with Gasteiger partial charge in [-0.2, -0.15) is 0 Å². The van der Waals surface area contributed by atoms with E-state index in [4.69, 9.17) is 0 Å². The van der Waals surface area contributed by atoms with Gasteiger partial charge in [-0.15, -0.1) is 0 Å². The normalized spacial score (nSPS) is 16.1. The molecule has 1 atom stereocenters. The van der Waals surface area contributed by atoms with Crippen molar-refractivity contribution in [2.75, 3.05) is 20.2 Å². The minimum atomic E-state index is -0.355. The highest BCUT2D eigenvalue weighted by atomic mass is 16.5. The number of carbonyl (C=O) groups is 2. The van der Waals surface area contributed by atoms with Gasteiger partial charge in [-0.05, 0) is 36.7 Å². The number of amides is 1. The fourth-order valence-electron chi connectivity index (χ4n) is 2.11.